The van der Waals surface area contributed by atoms with Crippen molar-refractivity contribution in [3.05, 3.63) is 35.8 Å². The SMILES string of the molecule is CN=C(NCCc1c[nH]c2cc(F)ccc12)NCC1CCCN(C)C1.I. The molecule has 1 saturated heterocycles. The number of guanidine groups is 1. The Morgan fingerprint density at radius 1 is 1.38 bits per heavy atom. The van der Waals surface area contributed by atoms with E-state index < -0.39 is 0 Å². The molecule has 0 saturated carbocycles. The molecule has 5 nitrogen and oxygen atoms in total. The first kappa shape index (κ1) is 21.0. The second kappa shape index (κ2) is 10.1. The number of nitrogens with one attached hydrogen (secondary N) is 3. The van der Waals surface area contributed by atoms with Gasteiger partial charge in [-0.3, -0.25) is 4.99 Å². The maximum Gasteiger partial charge on any atom is 0.190 e. The number of likely N-dealkylation sites (tertiary alicyclic amines) is 1. The van der Waals surface area contributed by atoms with Gasteiger partial charge in [-0.2, -0.15) is 0 Å². The first-order valence-electron chi connectivity index (χ1n) is 9.04. The molecule has 1 aromatic carbocycles. The number of aliphatic imine (C=N–C) groups is 1. The Bertz CT molecular complexity index is 730. The lowest BCUT2D eigenvalue weighted by molar-refractivity contribution is 0.210. The highest BCUT2D eigenvalue weighted by molar-refractivity contribution is 14.0. The Hall–Kier alpha value is -1.35. The highest BCUT2D eigenvalue weighted by Gasteiger charge is 2.17. The van der Waals surface area contributed by atoms with Gasteiger partial charge in [-0.05, 0) is 62.5 Å². The van der Waals surface area contributed by atoms with Crippen LogP contribution in [0.2, 0.25) is 0 Å². The summed E-state index contributed by atoms with van der Waals surface area (Å²) in [7, 11) is 3.99. The molecule has 3 rings (SSSR count). The Morgan fingerprint density at radius 3 is 3.00 bits per heavy atom. The molecule has 7 heteroatoms. The van der Waals surface area contributed by atoms with E-state index in [9.17, 15) is 4.39 Å². The lowest BCUT2D eigenvalue weighted by atomic mass is 9.99. The number of benzene rings is 1. The molecule has 0 spiro atoms. The van der Waals surface area contributed by atoms with Crippen LogP contribution in [0.5, 0.6) is 0 Å². The number of nitrogens with zero attached hydrogens (tertiary/aromatic N) is 2. The molecule has 0 bridgehead atoms. The van der Waals surface area contributed by atoms with E-state index in [2.05, 4.69) is 32.6 Å². The molecule has 2 heterocycles. The van der Waals surface area contributed by atoms with E-state index in [4.69, 9.17) is 0 Å². The van der Waals surface area contributed by atoms with Gasteiger partial charge in [0, 0.05) is 43.8 Å². The molecule has 0 aliphatic carbocycles. The van der Waals surface area contributed by atoms with Crippen molar-refractivity contribution in [2.45, 2.75) is 19.3 Å². The quantitative estimate of drug-likeness (QED) is 0.356. The number of halogens is 2. The van der Waals surface area contributed by atoms with Gasteiger partial charge in [-0.1, -0.05) is 0 Å². The van der Waals surface area contributed by atoms with Gasteiger partial charge in [-0.15, -0.1) is 24.0 Å². The topological polar surface area (TPSA) is 55.5 Å². The summed E-state index contributed by atoms with van der Waals surface area (Å²) in [5.41, 5.74) is 2.03. The van der Waals surface area contributed by atoms with Crippen molar-refractivity contribution in [3.63, 3.8) is 0 Å². The summed E-state index contributed by atoms with van der Waals surface area (Å²) < 4.78 is 13.3. The van der Waals surface area contributed by atoms with Gasteiger partial charge in [-0.25, -0.2) is 4.39 Å². The molecule has 1 unspecified atom stereocenters. The average Bonchev–Trinajstić information content (AvgIpc) is 3.00. The third-order valence-corrected chi connectivity index (χ3v) is 4.92. The number of hydrogen-bond donors (Lipinski definition) is 3. The van der Waals surface area contributed by atoms with Gasteiger partial charge < -0.3 is 20.5 Å². The smallest absolute Gasteiger partial charge is 0.190 e. The summed E-state index contributed by atoms with van der Waals surface area (Å²) in [5.74, 6) is 1.32. The molecule has 144 valence electrons. The fourth-order valence-corrected chi connectivity index (χ4v) is 3.58. The lowest BCUT2D eigenvalue weighted by Gasteiger charge is -2.30. The van der Waals surface area contributed by atoms with Gasteiger partial charge in [0.05, 0.1) is 0 Å². The minimum atomic E-state index is -0.211. The summed E-state index contributed by atoms with van der Waals surface area (Å²) >= 11 is 0. The molecular weight excluding hydrogens is 444 g/mol. The molecule has 2 aromatic rings. The standard InChI is InChI=1S/C19H28FN5.HI/c1-21-19(24-11-14-4-3-9-25(2)13-14)22-8-7-15-12-23-18-10-16(20)5-6-17(15)18;/h5-6,10,12,14,23H,3-4,7-9,11,13H2,1-2H3,(H2,21,22,24);1H. The van der Waals surface area contributed by atoms with E-state index in [1.54, 1.807) is 7.05 Å². The van der Waals surface area contributed by atoms with Crippen molar-refractivity contribution >= 4 is 40.8 Å². The van der Waals surface area contributed by atoms with E-state index in [0.717, 1.165) is 42.9 Å². The van der Waals surface area contributed by atoms with Crippen molar-refractivity contribution in [2.75, 3.05) is 40.3 Å². The number of piperidine rings is 1. The zero-order valence-corrected chi connectivity index (χ0v) is 17.8. The van der Waals surface area contributed by atoms with Crippen LogP contribution in [-0.4, -0.2) is 56.1 Å². The first-order chi connectivity index (χ1) is 12.2. The molecule has 1 fully saturated rings. The van der Waals surface area contributed by atoms with E-state index >= 15 is 0 Å². The number of rotatable bonds is 5. The van der Waals surface area contributed by atoms with Crippen LogP contribution in [0.1, 0.15) is 18.4 Å². The van der Waals surface area contributed by atoms with Crippen LogP contribution in [-0.2, 0) is 6.42 Å². The molecule has 0 amide bonds. The van der Waals surface area contributed by atoms with Crippen molar-refractivity contribution in [1.29, 1.82) is 0 Å². The predicted octanol–water partition coefficient (Wildman–Crippen LogP) is 2.97. The molecule has 0 radical (unpaired) electrons. The van der Waals surface area contributed by atoms with Crippen LogP contribution in [0.3, 0.4) is 0 Å². The van der Waals surface area contributed by atoms with E-state index in [1.807, 2.05) is 12.3 Å². The zero-order valence-electron chi connectivity index (χ0n) is 15.5. The second-order valence-electron chi connectivity index (χ2n) is 6.90. The van der Waals surface area contributed by atoms with Crippen LogP contribution in [0, 0.1) is 11.7 Å². The second-order valence-corrected chi connectivity index (χ2v) is 6.90. The lowest BCUT2D eigenvalue weighted by Crippen LogP contribution is -2.44. The van der Waals surface area contributed by atoms with Crippen LogP contribution < -0.4 is 10.6 Å². The molecular formula is C19H29FIN5. The molecule has 1 atom stereocenters. The normalized spacial score (nSPS) is 18.6. The Labute approximate surface area is 171 Å². The van der Waals surface area contributed by atoms with E-state index in [-0.39, 0.29) is 29.8 Å². The van der Waals surface area contributed by atoms with Gasteiger partial charge in [0.25, 0.3) is 0 Å². The van der Waals surface area contributed by atoms with Crippen molar-refractivity contribution in [2.24, 2.45) is 10.9 Å². The van der Waals surface area contributed by atoms with Crippen LogP contribution in [0.4, 0.5) is 4.39 Å². The summed E-state index contributed by atoms with van der Waals surface area (Å²) in [6, 6.07) is 4.88. The minimum Gasteiger partial charge on any atom is -0.361 e. The van der Waals surface area contributed by atoms with Gasteiger partial charge in [0.2, 0.25) is 0 Å². The fourth-order valence-electron chi connectivity index (χ4n) is 3.58. The van der Waals surface area contributed by atoms with E-state index in [0.29, 0.717) is 5.92 Å². The number of fused-ring (bicyclic) bond motifs is 1. The summed E-state index contributed by atoms with van der Waals surface area (Å²) in [6.07, 6.45) is 5.37. The molecule has 1 aliphatic heterocycles. The summed E-state index contributed by atoms with van der Waals surface area (Å²) in [6.45, 7) is 4.10. The van der Waals surface area contributed by atoms with Gasteiger partial charge in [0.1, 0.15) is 5.82 Å². The average molecular weight is 473 g/mol. The number of aromatic nitrogens is 1. The fraction of sp³-hybridized carbons (Fsp3) is 0.526. The summed E-state index contributed by atoms with van der Waals surface area (Å²) in [5, 5.41) is 7.89. The number of aromatic amines is 1. The van der Waals surface area contributed by atoms with Crippen molar-refractivity contribution in [3.8, 4) is 0 Å². The number of H-pyrrole nitrogens is 1. The Morgan fingerprint density at radius 2 is 2.23 bits per heavy atom. The highest BCUT2D eigenvalue weighted by Crippen LogP contribution is 2.19. The van der Waals surface area contributed by atoms with Crippen LogP contribution in [0.15, 0.2) is 29.4 Å². The van der Waals surface area contributed by atoms with Gasteiger partial charge >= 0.3 is 0 Å². The Balaban J connectivity index is 0.00000243. The predicted molar refractivity (Wildman–Crippen MR) is 117 cm³/mol. The minimum absolute atomic E-state index is 0. The summed E-state index contributed by atoms with van der Waals surface area (Å²) in [4.78, 5) is 9.84. The van der Waals surface area contributed by atoms with E-state index in [1.165, 1.54) is 37.1 Å². The van der Waals surface area contributed by atoms with Crippen molar-refractivity contribution in [1.82, 2.24) is 20.5 Å². The Kier molecular flexibility index (Phi) is 8.15. The zero-order chi connectivity index (χ0) is 17.6. The third kappa shape index (κ3) is 5.57. The number of hydrogen-bond acceptors (Lipinski definition) is 2. The molecule has 26 heavy (non-hydrogen) atoms. The maximum atomic E-state index is 13.3. The highest BCUT2D eigenvalue weighted by atomic mass is 127. The largest absolute Gasteiger partial charge is 0.361 e. The molecule has 3 N–H and O–H groups in total. The maximum absolute atomic E-state index is 13.3. The van der Waals surface area contributed by atoms with Crippen LogP contribution in [0.25, 0.3) is 10.9 Å². The third-order valence-electron chi connectivity index (χ3n) is 4.92. The molecule has 1 aliphatic rings. The molecule has 1 aromatic heterocycles. The monoisotopic (exact) mass is 473 g/mol. The first-order valence-corrected chi connectivity index (χ1v) is 9.04. The van der Waals surface area contributed by atoms with Crippen molar-refractivity contribution < 1.29 is 4.39 Å². The van der Waals surface area contributed by atoms with Gasteiger partial charge in [0.15, 0.2) is 5.96 Å². The van der Waals surface area contributed by atoms with Crippen LogP contribution >= 0.6 is 24.0 Å².